The summed E-state index contributed by atoms with van der Waals surface area (Å²) in [6, 6.07) is 10.3. The molecule has 0 saturated heterocycles. The number of rotatable bonds is 3. The van der Waals surface area contributed by atoms with Gasteiger partial charge < -0.3 is 0 Å². The second kappa shape index (κ2) is 13.5. The van der Waals surface area contributed by atoms with Gasteiger partial charge in [0.1, 0.15) is 0 Å². The molecule has 0 spiro atoms. The SMILES string of the molecule is C1CCC([PH+](C2CCCCC2)C2CCCCC2)CC1.Cc1ccccc1.[Ru]. The van der Waals surface area contributed by atoms with E-state index in [4.69, 9.17) is 0 Å². The Labute approximate surface area is 183 Å². The van der Waals surface area contributed by atoms with Crippen molar-refractivity contribution < 1.29 is 19.5 Å². The number of benzene rings is 1. The molecule has 1 aromatic carbocycles. The van der Waals surface area contributed by atoms with Crippen LogP contribution in [0.4, 0.5) is 0 Å². The van der Waals surface area contributed by atoms with Crippen LogP contribution in [0, 0.1) is 6.92 Å². The van der Waals surface area contributed by atoms with E-state index >= 15 is 0 Å². The fourth-order valence-corrected chi connectivity index (χ4v) is 11.1. The van der Waals surface area contributed by atoms with Gasteiger partial charge in [-0.1, -0.05) is 55.2 Å². The van der Waals surface area contributed by atoms with Crippen molar-refractivity contribution in [1.82, 2.24) is 0 Å². The van der Waals surface area contributed by atoms with Gasteiger partial charge in [0.15, 0.2) is 0 Å². The fourth-order valence-electron chi connectivity index (χ4n) is 5.84. The number of hydrogen-bond acceptors (Lipinski definition) is 0. The third-order valence-corrected chi connectivity index (χ3v) is 11.7. The van der Waals surface area contributed by atoms with Crippen molar-refractivity contribution in [2.24, 2.45) is 0 Å². The van der Waals surface area contributed by atoms with E-state index in [0.717, 1.165) is 0 Å². The van der Waals surface area contributed by atoms with Crippen LogP contribution in [0.5, 0.6) is 0 Å². The van der Waals surface area contributed by atoms with Crippen LogP contribution < -0.4 is 0 Å². The molecule has 0 nitrogen and oxygen atoms in total. The van der Waals surface area contributed by atoms with E-state index < -0.39 is 0 Å². The summed E-state index contributed by atoms with van der Waals surface area (Å²) in [6.07, 6.45) is 23.8. The van der Waals surface area contributed by atoms with Crippen LogP contribution in [0.25, 0.3) is 0 Å². The maximum absolute atomic E-state index is 2.08. The molecule has 0 aliphatic heterocycles. The van der Waals surface area contributed by atoms with Gasteiger partial charge in [-0.15, -0.1) is 0 Å². The summed E-state index contributed by atoms with van der Waals surface area (Å²) in [6.45, 7) is 2.08. The smallest absolute Gasteiger partial charge is 0.0622 e. The van der Waals surface area contributed by atoms with Gasteiger partial charge in [-0.2, -0.15) is 0 Å². The Morgan fingerprint density at radius 3 is 1.15 bits per heavy atom. The normalized spacial score (nSPS) is 22.6. The molecule has 1 aromatic rings. The van der Waals surface area contributed by atoms with Crippen LogP contribution in [0.3, 0.4) is 0 Å². The van der Waals surface area contributed by atoms with E-state index in [9.17, 15) is 0 Å². The Kier molecular flexibility index (Phi) is 11.8. The first-order valence-corrected chi connectivity index (χ1v) is 13.5. The summed E-state index contributed by atoms with van der Waals surface area (Å²) in [5.41, 5.74) is 5.00. The maximum atomic E-state index is 2.08. The van der Waals surface area contributed by atoms with Crippen LogP contribution in [0.2, 0.25) is 0 Å². The third kappa shape index (κ3) is 7.90. The van der Waals surface area contributed by atoms with E-state index in [1.54, 1.807) is 96.3 Å². The van der Waals surface area contributed by atoms with Crippen molar-refractivity contribution in [1.29, 1.82) is 0 Å². The molecule has 0 amide bonds. The minimum Gasteiger partial charge on any atom is -0.0622 e. The van der Waals surface area contributed by atoms with Crippen molar-refractivity contribution in [3.63, 3.8) is 0 Å². The molecule has 4 rings (SSSR count). The van der Waals surface area contributed by atoms with Gasteiger partial charge in [-0.25, -0.2) is 0 Å². The molecule has 27 heavy (non-hydrogen) atoms. The van der Waals surface area contributed by atoms with Crippen LogP contribution in [-0.2, 0) is 19.5 Å². The molecule has 3 aliphatic carbocycles. The maximum Gasteiger partial charge on any atom is 0.0680 e. The average Bonchev–Trinajstić information content (AvgIpc) is 2.72. The van der Waals surface area contributed by atoms with E-state index in [1.807, 2.05) is 18.2 Å². The summed E-state index contributed by atoms with van der Waals surface area (Å²) < 4.78 is 0. The second-order valence-electron chi connectivity index (χ2n) is 9.16. The molecule has 0 N–H and O–H groups in total. The zero-order valence-electron chi connectivity index (χ0n) is 17.6. The minimum absolute atomic E-state index is 0. The zero-order valence-corrected chi connectivity index (χ0v) is 20.3. The molecule has 2 heteroatoms. The average molecular weight is 475 g/mol. The first kappa shape index (κ1) is 23.6. The standard InChI is InChI=1S/C18H33P.C7H8.Ru/c1-4-10-16(11-5-1)19(17-12-6-2-7-13-17)18-14-8-3-9-15-18;1-7-5-3-2-4-6-7;/h16-18H,1-15H2;2-6H,1H3;/p+1. The van der Waals surface area contributed by atoms with Gasteiger partial charge in [0.2, 0.25) is 0 Å². The van der Waals surface area contributed by atoms with Gasteiger partial charge in [0, 0.05) is 27.4 Å². The molecular formula is C25H42PRu+. The van der Waals surface area contributed by atoms with Crippen molar-refractivity contribution >= 4 is 7.92 Å². The summed E-state index contributed by atoms with van der Waals surface area (Å²) in [7, 11) is -0.0465. The molecule has 0 radical (unpaired) electrons. The fraction of sp³-hybridized carbons (Fsp3) is 0.760. The molecule has 0 unspecified atom stereocenters. The Bertz CT molecular complexity index is 428. The van der Waals surface area contributed by atoms with Crippen molar-refractivity contribution in [2.75, 3.05) is 0 Å². The Hall–Kier alpha value is 0.273. The molecule has 0 bridgehead atoms. The molecule has 0 heterocycles. The van der Waals surface area contributed by atoms with Crippen LogP contribution >= 0.6 is 7.92 Å². The second-order valence-corrected chi connectivity index (χ2v) is 12.6. The Balaban J connectivity index is 0.000000278. The quantitative estimate of drug-likeness (QED) is 0.306. The largest absolute Gasteiger partial charge is 0.0680 e. The first-order chi connectivity index (χ1) is 12.8. The van der Waals surface area contributed by atoms with Crippen LogP contribution in [-0.4, -0.2) is 17.0 Å². The van der Waals surface area contributed by atoms with Gasteiger partial charge >= 0.3 is 0 Å². The van der Waals surface area contributed by atoms with Crippen molar-refractivity contribution in [3.05, 3.63) is 35.9 Å². The van der Waals surface area contributed by atoms with Gasteiger partial charge in [-0.05, 0) is 84.0 Å². The monoisotopic (exact) mass is 475 g/mol. The van der Waals surface area contributed by atoms with E-state index in [0.29, 0.717) is 0 Å². The predicted molar refractivity (Wildman–Crippen MR) is 120 cm³/mol. The minimum atomic E-state index is -0.0465. The number of hydrogen-bond donors (Lipinski definition) is 0. The van der Waals surface area contributed by atoms with E-state index in [1.165, 1.54) is 22.5 Å². The molecule has 3 fully saturated rings. The molecule has 154 valence electrons. The Morgan fingerprint density at radius 1 is 0.556 bits per heavy atom. The van der Waals surface area contributed by atoms with Crippen molar-refractivity contribution in [2.45, 2.75) is 120 Å². The third-order valence-electron chi connectivity index (χ3n) is 7.17. The Morgan fingerprint density at radius 2 is 0.889 bits per heavy atom. The molecule has 3 aliphatic rings. The van der Waals surface area contributed by atoms with Crippen molar-refractivity contribution in [3.8, 4) is 0 Å². The van der Waals surface area contributed by atoms with Crippen LogP contribution in [0.1, 0.15) is 102 Å². The molecular weight excluding hydrogens is 432 g/mol. The topological polar surface area (TPSA) is 0 Å². The molecule has 0 atom stereocenters. The molecule has 3 saturated carbocycles. The van der Waals surface area contributed by atoms with Gasteiger partial charge in [-0.3, -0.25) is 0 Å². The summed E-state index contributed by atoms with van der Waals surface area (Å²) in [4.78, 5) is 0. The van der Waals surface area contributed by atoms with E-state index in [2.05, 4.69) is 19.1 Å². The number of aryl methyl sites for hydroxylation is 1. The van der Waals surface area contributed by atoms with Crippen LogP contribution in [0.15, 0.2) is 30.3 Å². The summed E-state index contributed by atoms with van der Waals surface area (Å²) in [5, 5.41) is 0. The van der Waals surface area contributed by atoms with Gasteiger partial charge in [0.25, 0.3) is 0 Å². The predicted octanol–water partition coefficient (Wildman–Crippen LogP) is 8.19. The summed E-state index contributed by atoms with van der Waals surface area (Å²) >= 11 is 0. The summed E-state index contributed by atoms with van der Waals surface area (Å²) in [5.74, 6) is 0. The zero-order chi connectivity index (χ0) is 18.0. The van der Waals surface area contributed by atoms with E-state index in [-0.39, 0.29) is 27.4 Å². The first-order valence-electron chi connectivity index (χ1n) is 11.7. The molecule has 0 aromatic heterocycles. The van der Waals surface area contributed by atoms with Gasteiger partial charge in [0.05, 0.1) is 17.0 Å².